The van der Waals surface area contributed by atoms with Crippen LogP contribution in [0.4, 0.5) is 18.9 Å². The van der Waals surface area contributed by atoms with Gasteiger partial charge in [-0.2, -0.15) is 13.2 Å². The highest BCUT2D eigenvalue weighted by Crippen LogP contribution is 2.29. The standard InChI is InChI=1S/C16H14F3N3O3/c1-22(15(25)10-5-3-2-4-6-10)9-13(23)21-12-7-11(16(17,18)19)8-20-14(12)24/h2-8H,9H2,1H3,(H,20,24)(H,21,23). The van der Waals surface area contributed by atoms with E-state index in [2.05, 4.69) is 5.32 Å². The molecule has 0 radical (unpaired) electrons. The van der Waals surface area contributed by atoms with E-state index >= 15 is 0 Å². The van der Waals surface area contributed by atoms with Gasteiger partial charge in [-0.25, -0.2) is 0 Å². The monoisotopic (exact) mass is 353 g/mol. The van der Waals surface area contributed by atoms with Crippen LogP contribution < -0.4 is 10.9 Å². The summed E-state index contributed by atoms with van der Waals surface area (Å²) in [6.45, 7) is -0.427. The summed E-state index contributed by atoms with van der Waals surface area (Å²) in [5.74, 6) is -1.23. The summed E-state index contributed by atoms with van der Waals surface area (Å²) in [7, 11) is 1.37. The van der Waals surface area contributed by atoms with Gasteiger partial charge in [0.15, 0.2) is 0 Å². The highest BCUT2D eigenvalue weighted by Gasteiger charge is 2.31. The van der Waals surface area contributed by atoms with E-state index in [9.17, 15) is 27.6 Å². The highest BCUT2D eigenvalue weighted by molar-refractivity contribution is 5.99. The van der Waals surface area contributed by atoms with Gasteiger partial charge in [-0.15, -0.1) is 0 Å². The van der Waals surface area contributed by atoms with Crippen molar-refractivity contribution in [1.29, 1.82) is 0 Å². The fourth-order valence-electron chi connectivity index (χ4n) is 2.02. The predicted octanol–water partition coefficient (Wildman–Crippen LogP) is 2.10. The zero-order valence-corrected chi connectivity index (χ0v) is 13.1. The van der Waals surface area contributed by atoms with Crippen molar-refractivity contribution in [1.82, 2.24) is 9.88 Å². The maximum atomic E-state index is 12.7. The average molecular weight is 353 g/mol. The smallest absolute Gasteiger partial charge is 0.332 e. The largest absolute Gasteiger partial charge is 0.417 e. The third-order valence-corrected chi connectivity index (χ3v) is 3.25. The molecule has 2 aromatic rings. The van der Waals surface area contributed by atoms with Gasteiger partial charge in [-0.05, 0) is 18.2 Å². The first-order chi connectivity index (χ1) is 11.7. The number of benzene rings is 1. The van der Waals surface area contributed by atoms with Crippen LogP contribution in [0.3, 0.4) is 0 Å². The molecule has 132 valence electrons. The molecule has 0 aliphatic heterocycles. The van der Waals surface area contributed by atoms with Crippen molar-refractivity contribution < 1.29 is 22.8 Å². The van der Waals surface area contributed by atoms with Crippen LogP contribution >= 0.6 is 0 Å². The second kappa shape index (κ2) is 7.20. The second-order valence-electron chi connectivity index (χ2n) is 5.20. The molecule has 0 spiro atoms. The number of nitrogens with one attached hydrogen (secondary N) is 2. The van der Waals surface area contributed by atoms with E-state index < -0.39 is 41.3 Å². The van der Waals surface area contributed by atoms with Gasteiger partial charge in [0, 0.05) is 18.8 Å². The minimum atomic E-state index is -4.66. The maximum Gasteiger partial charge on any atom is 0.417 e. The summed E-state index contributed by atoms with van der Waals surface area (Å²) in [4.78, 5) is 38.6. The first-order valence-corrected chi connectivity index (χ1v) is 7.09. The average Bonchev–Trinajstić information content (AvgIpc) is 2.55. The number of H-pyrrole nitrogens is 1. The summed E-state index contributed by atoms with van der Waals surface area (Å²) in [6.07, 6.45) is -4.15. The van der Waals surface area contributed by atoms with Crippen LogP contribution in [0.1, 0.15) is 15.9 Å². The molecule has 0 fully saturated rings. The number of carbonyl (C=O) groups excluding carboxylic acids is 2. The van der Waals surface area contributed by atoms with Crippen molar-refractivity contribution in [2.75, 3.05) is 18.9 Å². The van der Waals surface area contributed by atoms with Crippen molar-refractivity contribution in [3.8, 4) is 0 Å². The second-order valence-corrected chi connectivity index (χ2v) is 5.20. The molecular weight excluding hydrogens is 339 g/mol. The third-order valence-electron chi connectivity index (χ3n) is 3.25. The van der Waals surface area contributed by atoms with E-state index in [-0.39, 0.29) is 0 Å². The molecule has 9 heteroatoms. The fraction of sp³-hybridized carbons (Fsp3) is 0.188. The molecule has 25 heavy (non-hydrogen) atoms. The molecule has 1 aromatic heterocycles. The molecule has 0 aliphatic carbocycles. The zero-order chi connectivity index (χ0) is 18.6. The van der Waals surface area contributed by atoms with Crippen LogP contribution in [0, 0.1) is 0 Å². The fourth-order valence-corrected chi connectivity index (χ4v) is 2.02. The van der Waals surface area contributed by atoms with E-state index in [0.717, 1.165) is 4.90 Å². The van der Waals surface area contributed by atoms with Crippen molar-refractivity contribution in [3.05, 3.63) is 64.1 Å². The SMILES string of the molecule is CN(CC(=O)Nc1cc(C(F)(F)F)c[nH]c1=O)C(=O)c1ccccc1. The molecule has 0 saturated heterocycles. The lowest BCUT2D eigenvalue weighted by molar-refractivity contribution is -0.137. The number of alkyl halides is 3. The number of aromatic nitrogens is 1. The topological polar surface area (TPSA) is 82.3 Å². The number of aromatic amines is 1. The Morgan fingerprint density at radius 2 is 1.84 bits per heavy atom. The first kappa shape index (κ1) is 18.2. The Hall–Kier alpha value is -3.10. The molecule has 2 amide bonds. The molecular formula is C16H14F3N3O3. The number of hydrogen-bond donors (Lipinski definition) is 2. The highest BCUT2D eigenvalue weighted by atomic mass is 19.4. The Labute approximate surface area is 140 Å². The van der Waals surface area contributed by atoms with Gasteiger partial charge < -0.3 is 15.2 Å². The summed E-state index contributed by atoms with van der Waals surface area (Å²) < 4.78 is 38.0. The van der Waals surface area contributed by atoms with Gasteiger partial charge in [0.1, 0.15) is 5.69 Å². The van der Waals surface area contributed by atoms with Gasteiger partial charge in [-0.1, -0.05) is 18.2 Å². The Balaban J connectivity index is 2.08. The number of nitrogens with zero attached hydrogens (tertiary/aromatic N) is 1. The lowest BCUT2D eigenvalue weighted by Gasteiger charge is -2.17. The van der Waals surface area contributed by atoms with Crippen molar-refractivity contribution in [2.24, 2.45) is 0 Å². The minimum Gasteiger partial charge on any atom is -0.332 e. The molecule has 2 rings (SSSR count). The van der Waals surface area contributed by atoms with Crippen LogP contribution in [0.2, 0.25) is 0 Å². The Kier molecular flexibility index (Phi) is 5.26. The van der Waals surface area contributed by atoms with E-state index in [1.54, 1.807) is 30.3 Å². The number of pyridine rings is 1. The lowest BCUT2D eigenvalue weighted by Crippen LogP contribution is -2.35. The number of anilines is 1. The molecule has 2 N–H and O–H groups in total. The lowest BCUT2D eigenvalue weighted by atomic mass is 10.2. The van der Waals surface area contributed by atoms with Crippen molar-refractivity contribution in [3.63, 3.8) is 0 Å². The summed E-state index contributed by atoms with van der Waals surface area (Å²) in [6, 6.07) is 8.70. The predicted molar refractivity (Wildman–Crippen MR) is 84.1 cm³/mol. The number of amides is 2. The molecule has 0 bridgehead atoms. The van der Waals surface area contributed by atoms with Crippen molar-refractivity contribution in [2.45, 2.75) is 6.18 Å². The number of rotatable bonds is 4. The first-order valence-electron chi connectivity index (χ1n) is 7.09. The summed E-state index contributed by atoms with van der Waals surface area (Å²) >= 11 is 0. The Morgan fingerprint density at radius 3 is 2.44 bits per heavy atom. The number of likely N-dealkylation sites (N-methyl/N-ethyl adjacent to an activating group) is 1. The summed E-state index contributed by atoms with van der Waals surface area (Å²) in [5.41, 5.74) is -2.16. The molecule has 1 aromatic carbocycles. The molecule has 0 unspecified atom stereocenters. The van der Waals surface area contributed by atoms with Crippen LogP contribution in [0.15, 0.2) is 47.4 Å². The van der Waals surface area contributed by atoms with Gasteiger partial charge >= 0.3 is 6.18 Å². The maximum absolute atomic E-state index is 12.7. The van der Waals surface area contributed by atoms with Gasteiger partial charge in [0.25, 0.3) is 11.5 Å². The minimum absolute atomic E-state index is 0.356. The van der Waals surface area contributed by atoms with Crippen molar-refractivity contribution >= 4 is 17.5 Å². The summed E-state index contributed by atoms with van der Waals surface area (Å²) in [5, 5.41) is 2.08. The number of carbonyl (C=O) groups is 2. The van der Waals surface area contributed by atoms with Gasteiger partial charge in [0.05, 0.1) is 12.1 Å². The van der Waals surface area contributed by atoms with Crippen LogP contribution in [-0.4, -0.2) is 35.3 Å². The van der Waals surface area contributed by atoms with Crippen LogP contribution in [-0.2, 0) is 11.0 Å². The van der Waals surface area contributed by atoms with Crippen LogP contribution in [0.5, 0.6) is 0 Å². The normalized spacial score (nSPS) is 11.0. The van der Waals surface area contributed by atoms with Crippen LogP contribution in [0.25, 0.3) is 0 Å². The van der Waals surface area contributed by atoms with Gasteiger partial charge in [-0.3, -0.25) is 14.4 Å². The molecule has 0 aliphatic rings. The van der Waals surface area contributed by atoms with E-state index in [4.69, 9.17) is 0 Å². The number of halogens is 3. The third kappa shape index (κ3) is 4.69. The molecule has 1 heterocycles. The zero-order valence-electron chi connectivity index (χ0n) is 13.1. The molecule has 0 saturated carbocycles. The van der Waals surface area contributed by atoms with E-state index in [0.29, 0.717) is 17.8 Å². The number of hydrogen-bond acceptors (Lipinski definition) is 3. The Morgan fingerprint density at radius 1 is 1.20 bits per heavy atom. The van der Waals surface area contributed by atoms with Gasteiger partial charge in [0.2, 0.25) is 5.91 Å². The van der Waals surface area contributed by atoms with E-state index in [1.807, 2.05) is 4.98 Å². The molecule has 0 atom stereocenters. The quantitative estimate of drug-likeness (QED) is 0.883. The Bertz CT molecular complexity index is 832. The van der Waals surface area contributed by atoms with E-state index in [1.165, 1.54) is 7.05 Å². The molecule has 6 nitrogen and oxygen atoms in total.